The third-order valence-electron chi connectivity index (χ3n) is 9.05. The maximum Gasteiger partial charge on any atom is 0.303 e. The van der Waals surface area contributed by atoms with Crippen molar-refractivity contribution in [1.82, 2.24) is 4.90 Å². The van der Waals surface area contributed by atoms with Crippen molar-refractivity contribution in [3.8, 4) is 0 Å². The molecule has 0 bridgehead atoms. The summed E-state index contributed by atoms with van der Waals surface area (Å²) in [5.41, 5.74) is 1.42. The number of thioether (sulfide) groups is 1. The van der Waals surface area contributed by atoms with Crippen LogP contribution in [-0.4, -0.2) is 100 Å². The maximum absolute atomic E-state index is 11.3. The quantitative estimate of drug-likeness (QED) is 0.177. The molecule has 0 aromatic heterocycles. The summed E-state index contributed by atoms with van der Waals surface area (Å²) in [5, 5.41) is 21.8. The van der Waals surface area contributed by atoms with Crippen molar-refractivity contribution in [2.45, 2.75) is 87.6 Å². The minimum absolute atomic E-state index is 0.0865. The van der Waals surface area contributed by atoms with Crippen molar-refractivity contribution in [3.05, 3.63) is 45.0 Å². The van der Waals surface area contributed by atoms with Gasteiger partial charge in [0, 0.05) is 60.9 Å². The number of rotatable bonds is 11. The van der Waals surface area contributed by atoms with Gasteiger partial charge >= 0.3 is 5.97 Å². The van der Waals surface area contributed by atoms with E-state index in [4.69, 9.17) is 5.11 Å². The van der Waals surface area contributed by atoms with Crippen molar-refractivity contribution in [2.75, 3.05) is 40.8 Å². The summed E-state index contributed by atoms with van der Waals surface area (Å²) in [5.74, 6) is -0.138. The Morgan fingerprint density at radius 3 is 2.76 bits per heavy atom. The molecule has 0 aromatic carbocycles. The highest BCUT2D eigenvalue weighted by Gasteiger charge is 2.43. The lowest BCUT2D eigenvalue weighted by molar-refractivity contribution is -0.891. The molecule has 1 N–H and O–H groups in total. The third-order valence-corrected chi connectivity index (χ3v) is 10.5. The molecule has 210 valence electrons. The molecule has 2 heterocycles. The molecular formula is C29H46N4O4S+2. The zero-order valence-corrected chi connectivity index (χ0v) is 24.2. The number of hydrogen-bond donors (Lipinski definition) is 1. The second kappa shape index (κ2) is 12.8. The first-order chi connectivity index (χ1) is 18.1. The van der Waals surface area contributed by atoms with E-state index in [-0.39, 0.29) is 17.4 Å². The Labute approximate surface area is 231 Å². The minimum Gasteiger partial charge on any atom is -0.481 e. The highest BCUT2D eigenvalue weighted by molar-refractivity contribution is 8.03. The standard InChI is InChI=1S/C29H45N4O4S/c1-30-26-15-14-23(32(36)37)21-27(26)38-28(30)12-6-9-22-16-18-31(25-11-5-4-10-24(22)25)17-8-20-33(2,3)19-7-13-29(34)35/h6,9,12,16,18,23-27H,4-5,7-8,10-11,13-15,17,19-21H2,1-3H3/q+1/p+1. The Bertz CT molecular complexity index is 1000. The number of fused-ring (bicyclic) bond motifs is 2. The number of nitrogens with zero attached hydrogens (tertiary/aromatic N) is 4. The summed E-state index contributed by atoms with van der Waals surface area (Å²) in [6, 6.07) is 0.590. The zero-order chi connectivity index (χ0) is 27.3. The molecule has 3 fully saturated rings. The summed E-state index contributed by atoms with van der Waals surface area (Å²) in [6.07, 6.45) is 20.7. The second-order valence-corrected chi connectivity index (χ2v) is 13.5. The molecule has 0 spiro atoms. The molecule has 5 atom stereocenters. The fraction of sp³-hybridized carbons (Fsp3) is 0.724. The van der Waals surface area contributed by atoms with Gasteiger partial charge < -0.3 is 14.5 Å². The predicted octanol–water partition coefficient (Wildman–Crippen LogP) is 4.54. The maximum atomic E-state index is 11.3. The van der Waals surface area contributed by atoms with Gasteiger partial charge in [0.05, 0.1) is 45.1 Å². The summed E-state index contributed by atoms with van der Waals surface area (Å²) in [6.45, 7) is 3.01. The monoisotopic (exact) mass is 546 g/mol. The van der Waals surface area contributed by atoms with Crippen LogP contribution < -0.4 is 0 Å². The summed E-state index contributed by atoms with van der Waals surface area (Å²) in [7, 11) is 6.55. The van der Waals surface area contributed by atoms with E-state index in [1.54, 1.807) is 0 Å². The van der Waals surface area contributed by atoms with Crippen molar-refractivity contribution in [1.29, 1.82) is 0 Å². The van der Waals surface area contributed by atoms with E-state index in [1.807, 2.05) is 11.8 Å². The summed E-state index contributed by atoms with van der Waals surface area (Å²) in [4.78, 5) is 24.4. The Hall–Kier alpha value is -2.13. The van der Waals surface area contributed by atoms with Gasteiger partial charge in [-0.15, -0.1) is 11.8 Å². The van der Waals surface area contributed by atoms with Gasteiger partial charge in [-0.1, -0.05) is 18.6 Å². The Morgan fingerprint density at radius 2 is 2.00 bits per heavy atom. The van der Waals surface area contributed by atoms with Crippen LogP contribution in [0.1, 0.15) is 64.2 Å². The van der Waals surface area contributed by atoms with E-state index >= 15 is 0 Å². The number of carboxylic acid groups (broad SMARTS) is 1. The molecule has 0 radical (unpaired) electrons. The fourth-order valence-corrected chi connectivity index (χ4v) is 8.40. The summed E-state index contributed by atoms with van der Waals surface area (Å²) < 4.78 is 3.43. The average molecular weight is 547 g/mol. The van der Waals surface area contributed by atoms with Crippen LogP contribution in [0.2, 0.25) is 0 Å². The van der Waals surface area contributed by atoms with Crippen molar-refractivity contribution >= 4 is 23.9 Å². The molecule has 38 heavy (non-hydrogen) atoms. The number of allylic oxidation sites excluding steroid dienone is 4. The lowest BCUT2D eigenvalue weighted by Crippen LogP contribution is -2.44. The number of aliphatic carboxylic acids is 1. The molecule has 0 amide bonds. The SMILES string of the molecule is CN1/C(=C/C=C/C2=CC=[N+](CCC[N+](C)(C)CCCC(=O)O)C3CCCCC23)SC2CC([N+](=O)[O-])CCC21. The topological polar surface area (TPSA) is 86.7 Å². The average Bonchev–Trinajstić information content (AvgIpc) is 3.19. The van der Waals surface area contributed by atoms with Crippen LogP contribution in [0.15, 0.2) is 34.9 Å². The third kappa shape index (κ3) is 7.29. The van der Waals surface area contributed by atoms with Gasteiger partial charge in [-0.2, -0.15) is 0 Å². The second-order valence-electron chi connectivity index (χ2n) is 12.2. The van der Waals surface area contributed by atoms with E-state index in [0.29, 0.717) is 36.1 Å². The molecule has 1 saturated heterocycles. The Balaban J connectivity index is 1.35. The number of hydrogen-bond acceptors (Lipinski definition) is 5. The largest absolute Gasteiger partial charge is 0.481 e. The zero-order valence-electron chi connectivity index (χ0n) is 23.3. The highest BCUT2D eigenvalue weighted by Crippen LogP contribution is 2.45. The molecule has 9 heteroatoms. The molecule has 4 rings (SSSR count). The van der Waals surface area contributed by atoms with E-state index in [0.717, 1.165) is 43.4 Å². The number of carboxylic acids is 1. The van der Waals surface area contributed by atoms with Crippen LogP contribution in [-0.2, 0) is 4.79 Å². The number of nitro groups is 1. The normalized spacial score (nSPS) is 30.7. The van der Waals surface area contributed by atoms with Crippen molar-refractivity contribution in [2.24, 2.45) is 5.92 Å². The predicted molar refractivity (Wildman–Crippen MR) is 153 cm³/mol. The minimum atomic E-state index is -0.707. The number of quaternary nitrogens is 1. The molecule has 2 aliphatic carbocycles. The van der Waals surface area contributed by atoms with E-state index in [2.05, 4.69) is 61.1 Å². The van der Waals surface area contributed by atoms with Crippen LogP contribution in [0.5, 0.6) is 0 Å². The van der Waals surface area contributed by atoms with Gasteiger partial charge in [-0.3, -0.25) is 14.9 Å². The lowest BCUT2D eigenvalue weighted by Gasteiger charge is -2.33. The van der Waals surface area contributed by atoms with Gasteiger partial charge in [-0.25, -0.2) is 4.58 Å². The number of carbonyl (C=O) groups is 1. The smallest absolute Gasteiger partial charge is 0.303 e. The van der Waals surface area contributed by atoms with Crippen LogP contribution in [0, 0.1) is 16.0 Å². The van der Waals surface area contributed by atoms with Gasteiger partial charge in [0.25, 0.3) is 0 Å². The Morgan fingerprint density at radius 1 is 1.24 bits per heavy atom. The molecule has 2 saturated carbocycles. The van der Waals surface area contributed by atoms with Crippen LogP contribution in [0.3, 0.4) is 0 Å². The molecule has 5 unspecified atom stereocenters. The van der Waals surface area contributed by atoms with E-state index in [9.17, 15) is 14.9 Å². The highest BCUT2D eigenvalue weighted by atomic mass is 32.2. The first kappa shape index (κ1) is 28.9. The molecule has 2 aliphatic heterocycles. The van der Waals surface area contributed by atoms with Gasteiger partial charge in [0.1, 0.15) is 6.54 Å². The van der Waals surface area contributed by atoms with E-state index in [1.165, 1.54) is 36.3 Å². The van der Waals surface area contributed by atoms with Crippen LogP contribution >= 0.6 is 11.8 Å². The molecule has 0 aromatic rings. The fourth-order valence-electron chi connectivity index (χ4n) is 6.84. The van der Waals surface area contributed by atoms with Crippen molar-refractivity contribution < 1.29 is 23.9 Å². The van der Waals surface area contributed by atoms with Crippen molar-refractivity contribution in [3.63, 3.8) is 0 Å². The molecular weight excluding hydrogens is 500 g/mol. The van der Waals surface area contributed by atoms with Crippen LogP contribution in [0.4, 0.5) is 0 Å². The lowest BCUT2D eigenvalue weighted by atomic mass is 9.77. The van der Waals surface area contributed by atoms with Gasteiger partial charge in [0.15, 0.2) is 12.3 Å². The first-order valence-electron chi connectivity index (χ1n) is 14.4. The Kier molecular flexibility index (Phi) is 9.74. The summed E-state index contributed by atoms with van der Waals surface area (Å²) >= 11 is 1.82. The van der Waals surface area contributed by atoms with E-state index < -0.39 is 5.97 Å². The van der Waals surface area contributed by atoms with Gasteiger partial charge in [0.2, 0.25) is 6.04 Å². The molecule has 4 aliphatic rings. The first-order valence-corrected chi connectivity index (χ1v) is 15.3. The molecule has 8 nitrogen and oxygen atoms in total. The van der Waals surface area contributed by atoms with Crippen LogP contribution in [0.25, 0.3) is 0 Å². The van der Waals surface area contributed by atoms with Gasteiger partial charge in [-0.05, 0) is 30.9 Å².